The molecule has 0 aliphatic heterocycles. The summed E-state index contributed by atoms with van der Waals surface area (Å²) >= 11 is 3.69. The van der Waals surface area contributed by atoms with Crippen LogP contribution in [0, 0.1) is 6.92 Å². The van der Waals surface area contributed by atoms with Crippen LogP contribution in [0.25, 0.3) is 0 Å². The molecule has 0 unspecified atom stereocenters. The van der Waals surface area contributed by atoms with Crippen molar-refractivity contribution >= 4 is 29.1 Å². The van der Waals surface area contributed by atoms with Gasteiger partial charge in [0.1, 0.15) is 5.01 Å². The van der Waals surface area contributed by atoms with Gasteiger partial charge in [0.05, 0.1) is 6.54 Å². The zero-order valence-corrected chi connectivity index (χ0v) is 15.1. The monoisotopic (exact) mass is 346 g/mol. The summed E-state index contributed by atoms with van der Waals surface area (Å²) in [6, 6.07) is 10.6. The molecule has 0 radical (unpaired) electrons. The molecule has 1 aliphatic rings. The molecule has 0 saturated heterocycles. The molecule has 1 saturated carbocycles. The van der Waals surface area contributed by atoms with E-state index in [9.17, 15) is 0 Å². The van der Waals surface area contributed by atoms with E-state index in [0.717, 1.165) is 24.1 Å². The third kappa shape index (κ3) is 4.72. The Morgan fingerprint density at radius 2 is 2.09 bits per heavy atom. The molecule has 1 aromatic carbocycles. The molecule has 23 heavy (non-hydrogen) atoms. The van der Waals surface area contributed by atoms with E-state index >= 15 is 0 Å². The molecule has 2 aromatic rings. The summed E-state index contributed by atoms with van der Waals surface area (Å²) < 4.78 is 0.316. The first-order valence-electron chi connectivity index (χ1n) is 7.79. The van der Waals surface area contributed by atoms with Crippen molar-refractivity contribution in [3.63, 3.8) is 0 Å². The lowest BCUT2D eigenvalue weighted by molar-refractivity contribution is 0.764. The fraction of sp³-hybridized carbons (Fsp3) is 0.412. The number of nitrogens with zero attached hydrogens (tertiary/aromatic N) is 2. The predicted octanol–water partition coefficient (Wildman–Crippen LogP) is 3.44. The SMILES string of the molecule is CN=C(NCc1ncc(C)s1)NCC1(Sc2ccccc2)CC1. The molecule has 1 aliphatic carbocycles. The molecule has 0 atom stereocenters. The van der Waals surface area contributed by atoms with Gasteiger partial charge < -0.3 is 10.6 Å². The van der Waals surface area contributed by atoms with E-state index in [2.05, 4.69) is 57.9 Å². The second-order valence-corrected chi connectivity index (χ2v) is 8.60. The summed E-state index contributed by atoms with van der Waals surface area (Å²) in [6.07, 6.45) is 4.41. The number of guanidine groups is 1. The van der Waals surface area contributed by atoms with Crippen LogP contribution in [0.5, 0.6) is 0 Å². The second-order valence-electron chi connectivity index (χ2n) is 5.74. The summed E-state index contributed by atoms with van der Waals surface area (Å²) in [5, 5.41) is 7.89. The van der Waals surface area contributed by atoms with Crippen molar-refractivity contribution < 1.29 is 0 Å². The Bertz CT molecular complexity index is 662. The maximum atomic E-state index is 4.37. The van der Waals surface area contributed by atoms with Crippen molar-refractivity contribution in [1.29, 1.82) is 0 Å². The van der Waals surface area contributed by atoms with Crippen LogP contribution >= 0.6 is 23.1 Å². The predicted molar refractivity (Wildman–Crippen MR) is 99.3 cm³/mol. The lowest BCUT2D eigenvalue weighted by Crippen LogP contribution is -2.40. The molecule has 2 N–H and O–H groups in total. The van der Waals surface area contributed by atoms with Gasteiger partial charge in [-0.2, -0.15) is 0 Å². The minimum absolute atomic E-state index is 0.316. The molecule has 1 heterocycles. The minimum atomic E-state index is 0.316. The molecule has 0 spiro atoms. The first-order valence-corrected chi connectivity index (χ1v) is 9.42. The van der Waals surface area contributed by atoms with Crippen molar-refractivity contribution in [2.45, 2.75) is 36.0 Å². The average molecular weight is 347 g/mol. The van der Waals surface area contributed by atoms with Crippen LogP contribution < -0.4 is 10.6 Å². The average Bonchev–Trinajstić information content (AvgIpc) is 3.20. The van der Waals surface area contributed by atoms with Crippen molar-refractivity contribution in [2.24, 2.45) is 4.99 Å². The number of thiazole rings is 1. The van der Waals surface area contributed by atoms with Gasteiger partial charge in [-0.3, -0.25) is 4.99 Å². The van der Waals surface area contributed by atoms with Crippen molar-refractivity contribution in [1.82, 2.24) is 15.6 Å². The molecule has 1 fully saturated rings. The highest BCUT2D eigenvalue weighted by molar-refractivity contribution is 8.01. The van der Waals surface area contributed by atoms with Gasteiger partial charge in [-0.1, -0.05) is 18.2 Å². The molecule has 0 bridgehead atoms. The van der Waals surface area contributed by atoms with E-state index in [1.54, 1.807) is 11.3 Å². The van der Waals surface area contributed by atoms with E-state index < -0.39 is 0 Å². The van der Waals surface area contributed by atoms with Crippen LogP contribution in [0.4, 0.5) is 0 Å². The Morgan fingerprint density at radius 1 is 1.30 bits per heavy atom. The third-order valence-corrected chi connectivity index (χ3v) is 6.17. The van der Waals surface area contributed by atoms with Crippen LogP contribution in [0.1, 0.15) is 22.7 Å². The maximum absolute atomic E-state index is 4.37. The summed E-state index contributed by atoms with van der Waals surface area (Å²) in [4.78, 5) is 11.3. The number of hydrogen-bond acceptors (Lipinski definition) is 4. The van der Waals surface area contributed by atoms with Crippen LogP contribution in [0.3, 0.4) is 0 Å². The highest BCUT2D eigenvalue weighted by Gasteiger charge is 2.43. The maximum Gasteiger partial charge on any atom is 0.191 e. The highest BCUT2D eigenvalue weighted by Crippen LogP contribution is 2.51. The summed E-state index contributed by atoms with van der Waals surface area (Å²) in [5.74, 6) is 0.845. The zero-order chi connectivity index (χ0) is 16.1. The van der Waals surface area contributed by atoms with Gasteiger partial charge in [-0.05, 0) is 31.9 Å². The number of aryl methyl sites for hydroxylation is 1. The number of hydrogen-bond donors (Lipinski definition) is 2. The van der Waals surface area contributed by atoms with E-state index in [0.29, 0.717) is 4.75 Å². The Kier molecular flexibility index (Phi) is 5.23. The number of benzene rings is 1. The Labute approximate surface area is 145 Å². The molecular weight excluding hydrogens is 324 g/mol. The molecule has 4 nitrogen and oxygen atoms in total. The molecule has 6 heteroatoms. The second kappa shape index (κ2) is 7.36. The van der Waals surface area contributed by atoms with E-state index in [-0.39, 0.29) is 0 Å². The Morgan fingerprint density at radius 3 is 2.70 bits per heavy atom. The van der Waals surface area contributed by atoms with E-state index in [1.807, 2.05) is 25.0 Å². The van der Waals surface area contributed by atoms with Crippen molar-refractivity contribution in [3.05, 3.63) is 46.4 Å². The summed E-state index contributed by atoms with van der Waals surface area (Å²) in [7, 11) is 1.81. The number of aromatic nitrogens is 1. The fourth-order valence-electron chi connectivity index (χ4n) is 2.30. The zero-order valence-electron chi connectivity index (χ0n) is 13.5. The van der Waals surface area contributed by atoms with Gasteiger partial charge >= 0.3 is 0 Å². The smallest absolute Gasteiger partial charge is 0.191 e. The molecule has 3 rings (SSSR count). The third-order valence-electron chi connectivity index (χ3n) is 3.76. The van der Waals surface area contributed by atoms with Gasteiger partial charge in [0.25, 0.3) is 0 Å². The number of aliphatic imine (C=N–C) groups is 1. The number of thioether (sulfide) groups is 1. The first-order chi connectivity index (χ1) is 11.2. The summed E-state index contributed by atoms with van der Waals surface area (Å²) in [5.41, 5.74) is 0. The molecular formula is C17H22N4S2. The number of rotatable bonds is 6. The lowest BCUT2D eigenvalue weighted by atomic mass is 10.4. The standard InChI is InChI=1S/C17H22N4S2/c1-13-10-19-15(22-13)11-20-16(18-2)21-12-17(8-9-17)23-14-6-4-3-5-7-14/h3-7,10H,8-9,11-12H2,1-2H3,(H2,18,20,21). The van der Waals surface area contributed by atoms with E-state index in [4.69, 9.17) is 0 Å². The van der Waals surface area contributed by atoms with Gasteiger partial charge in [0.2, 0.25) is 0 Å². The number of nitrogens with one attached hydrogen (secondary N) is 2. The van der Waals surface area contributed by atoms with Crippen molar-refractivity contribution in [2.75, 3.05) is 13.6 Å². The largest absolute Gasteiger partial charge is 0.355 e. The Hall–Kier alpha value is -1.53. The molecule has 0 amide bonds. The van der Waals surface area contributed by atoms with Gasteiger partial charge in [-0.15, -0.1) is 23.1 Å². The van der Waals surface area contributed by atoms with Gasteiger partial charge in [-0.25, -0.2) is 4.98 Å². The van der Waals surface area contributed by atoms with Crippen LogP contribution in [0.2, 0.25) is 0 Å². The fourth-order valence-corrected chi connectivity index (χ4v) is 4.27. The van der Waals surface area contributed by atoms with E-state index in [1.165, 1.54) is 22.6 Å². The van der Waals surface area contributed by atoms with Crippen molar-refractivity contribution in [3.8, 4) is 0 Å². The highest BCUT2D eigenvalue weighted by atomic mass is 32.2. The minimum Gasteiger partial charge on any atom is -0.355 e. The van der Waals surface area contributed by atoms with Gasteiger partial charge in [0, 0.05) is 34.3 Å². The molecule has 1 aromatic heterocycles. The van der Waals surface area contributed by atoms with Gasteiger partial charge in [0.15, 0.2) is 5.96 Å². The normalized spacial score (nSPS) is 16.2. The topological polar surface area (TPSA) is 49.3 Å². The van der Waals surface area contributed by atoms with Crippen LogP contribution in [-0.2, 0) is 6.54 Å². The lowest BCUT2D eigenvalue weighted by Gasteiger charge is -2.18. The van der Waals surface area contributed by atoms with Crippen LogP contribution in [-0.4, -0.2) is 29.3 Å². The van der Waals surface area contributed by atoms with Crippen LogP contribution in [0.15, 0.2) is 46.4 Å². The molecule has 122 valence electrons. The first kappa shape index (κ1) is 16.3. The summed E-state index contributed by atoms with van der Waals surface area (Å²) in [6.45, 7) is 3.73. The quantitative estimate of drug-likeness (QED) is 0.621. The Balaban J connectivity index is 1.48.